The molecular weight excluding hydrogens is 188 g/mol. The highest BCUT2D eigenvalue weighted by Gasteiger charge is 2.41. The second-order valence-corrected chi connectivity index (χ2v) is 6.12. The predicted molar refractivity (Wildman–Crippen MR) is 62.9 cm³/mol. The number of hydrogen-bond donors (Lipinski definition) is 0. The maximum Gasteiger partial charge on any atom is 0.0119 e. The van der Waals surface area contributed by atoms with Crippen molar-refractivity contribution in [2.45, 2.75) is 42.6 Å². The molecule has 1 heteroatoms. The van der Waals surface area contributed by atoms with Gasteiger partial charge in [-0.1, -0.05) is 24.3 Å². The summed E-state index contributed by atoms with van der Waals surface area (Å²) in [5, 5.41) is 1.91. The molecule has 1 aromatic carbocycles. The van der Waals surface area contributed by atoms with Gasteiger partial charge in [-0.3, -0.25) is 0 Å². The number of benzene rings is 1. The van der Waals surface area contributed by atoms with E-state index in [1.807, 2.05) is 0 Å². The zero-order chi connectivity index (χ0) is 9.54. The number of thioether (sulfide) groups is 1. The Morgan fingerprint density at radius 3 is 2.71 bits per heavy atom. The predicted octanol–water partition coefficient (Wildman–Crippen LogP) is 3.75. The Bertz CT molecular complexity index is 345. The third-order valence-corrected chi connectivity index (χ3v) is 5.42. The smallest absolute Gasteiger partial charge is 0.0119 e. The van der Waals surface area contributed by atoms with Gasteiger partial charge in [0.05, 0.1) is 0 Å². The fourth-order valence-corrected chi connectivity index (χ4v) is 4.77. The molecular formula is C13H16S. The van der Waals surface area contributed by atoms with Gasteiger partial charge < -0.3 is 0 Å². The van der Waals surface area contributed by atoms with E-state index in [1.165, 1.54) is 24.8 Å². The largest absolute Gasteiger partial charge is 0.155 e. The molecule has 2 aliphatic rings. The lowest BCUT2D eigenvalue weighted by Gasteiger charge is -2.22. The molecule has 0 saturated carbocycles. The van der Waals surface area contributed by atoms with E-state index in [2.05, 4.69) is 43.0 Å². The molecule has 0 N–H and O–H groups in total. The molecule has 3 unspecified atom stereocenters. The van der Waals surface area contributed by atoms with Crippen LogP contribution in [-0.2, 0) is 0 Å². The summed E-state index contributed by atoms with van der Waals surface area (Å²) in [5.41, 5.74) is 3.11. The summed E-state index contributed by atoms with van der Waals surface area (Å²) in [4.78, 5) is 0. The summed E-state index contributed by atoms with van der Waals surface area (Å²) in [5.74, 6) is 0.861. The second-order valence-electron chi connectivity index (χ2n) is 4.57. The van der Waals surface area contributed by atoms with Crippen LogP contribution in [0.1, 0.15) is 36.3 Å². The highest BCUT2D eigenvalue weighted by atomic mass is 32.2. The topological polar surface area (TPSA) is 0 Å². The van der Waals surface area contributed by atoms with Crippen LogP contribution in [0.4, 0.5) is 0 Å². The molecule has 2 heterocycles. The van der Waals surface area contributed by atoms with Gasteiger partial charge in [0.2, 0.25) is 0 Å². The van der Waals surface area contributed by atoms with Crippen LogP contribution >= 0.6 is 11.8 Å². The van der Waals surface area contributed by atoms with Crippen LogP contribution in [0.3, 0.4) is 0 Å². The SMILES string of the molecule is Cc1ccccc1C1CC2CCC1S2. The quantitative estimate of drug-likeness (QED) is 0.671. The second kappa shape index (κ2) is 3.30. The Kier molecular flexibility index (Phi) is 2.09. The Labute approximate surface area is 90.1 Å². The van der Waals surface area contributed by atoms with Gasteiger partial charge in [-0.05, 0) is 43.2 Å². The number of rotatable bonds is 1. The highest BCUT2D eigenvalue weighted by Crippen LogP contribution is 2.53. The van der Waals surface area contributed by atoms with E-state index in [9.17, 15) is 0 Å². The van der Waals surface area contributed by atoms with Crippen molar-refractivity contribution in [3.63, 3.8) is 0 Å². The van der Waals surface area contributed by atoms with Gasteiger partial charge in [0, 0.05) is 10.5 Å². The van der Waals surface area contributed by atoms with Crippen molar-refractivity contribution in [1.29, 1.82) is 0 Å². The van der Waals surface area contributed by atoms with Gasteiger partial charge >= 0.3 is 0 Å². The minimum atomic E-state index is 0.861. The minimum Gasteiger partial charge on any atom is -0.155 e. The van der Waals surface area contributed by atoms with Gasteiger partial charge in [-0.15, -0.1) is 0 Å². The van der Waals surface area contributed by atoms with Crippen LogP contribution in [0.25, 0.3) is 0 Å². The van der Waals surface area contributed by atoms with Crippen LogP contribution in [-0.4, -0.2) is 10.5 Å². The number of hydrogen-bond acceptors (Lipinski definition) is 1. The summed E-state index contributed by atoms with van der Waals surface area (Å²) in [6, 6.07) is 8.94. The van der Waals surface area contributed by atoms with Crippen LogP contribution in [0.15, 0.2) is 24.3 Å². The molecule has 0 aliphatic carbocycles. The molecule has 0 amide bonds. The Hall–Kier alpha value is -0.430. The average molecular weight is 204 g/mol. The first-order valence-electron chi connectivity index (χ1n) is 5.55. The lowest BCUT2D eigenvalue weighted by molar-refractivity contribution is 0.508. The number of fused-ring (bicyclic) bond motifs is 2. The number of aryl methyl sites for hydroxylation is 1. The third kappa shape index (κ3) is 1.30. The average Bonchev–Trinajstić information content (AvgIpc) is 2.79. The van der Waals surface area contributed by atoms with Gasteiger partial charge in [0.1, 0.15) is 0 Å². The van der Waals surface area contributed by atoms with E-state index in [-0.39, 0.29) is 0 Å². The van der Waals surface area contributed by atoms with E-state index in [0.29, 0.717) is 0 Å². The minimum absolute atomic E-state index is 0.861. The highest BCUT2D eigenvalue weighted by molar-refractivity contribution is 8.01. The molecule has 2 bridgehead atoms. The van der Waals surface area contributed by atoms with Crippen LogP contribution < -0.4 is 0 Å². The van der Waals surface area contributed by atoms with E-state index >= 15 is 0 Å². The monoisotopic (exact) mass is 204 g/mol. The van der Waals surface area contributed by atoms with E-state index in [4.69, 9.17) is 0 Å². The molecule has 3 atom stereocenters. The zero-order valence-electron chi connectivity index (χ0n) is 8.57. The van der Waals surface area contributed by atoms with E-state index in [1.54, 1.807) is 5.56 Å². The van der Waals surface area contributed by atoms with Crippen LogP contribution in [0.5, 0.6) is 0 Å². The van der Waals surface area contributed by atoms with Crippen molar-refractivity contribution in [3.05, 3.63) is 35.4 Å². The summed E-state index contributed by atoms with van der Waals surface area (Å²) < 4.78 is 0. The molecule has 2 aliphatic heterocycles. The van der Waals surface area contributed by atoms with E-state index < -0.39 is 0 Å². The maximum absolute atomic E-state index is 2.33. The molecule has 2 fully saturated rings. The molecule has 0 radical (unpaired) electrons. The first-order chi connectivity index (χ1) is 6.84. The lowest BCUT2D eigenvalue weighted by atomic mass is 9.82. The van der Waals surface area contributed by atoms with Crippen molar-refractivity contribution < 1.29 is 0 Å². The Morgan fingerprint density at radius 2 is 2.07 bits per heavy atom. The lowest BCUT2D eigenvalue weighted by Crippen LogP contribution is -2.14. The zero-order valence-corrected chi connectivity index (χ0v) is 9.39. The summed E-state index contributed by atoms with van der Waals surface area (Å²) in [7, 11) is 0. The van der Waals surface area contributed by atoms with Crippen LogP contribution in [0, 0.1) is 6.92 Å². The summed E-state index contributed by atoms with van der Waals surface area (Å²) in [6.45, 7) is 2.26. The fourth-order valence-electron chi connectivity index (χ4n) is 2.97. The van der Waals surface area contributed by atoms with Gasteiger partial charge in [-0.25, -0.2) is 0 Å². The van der Waals surface area contributed by atoms with Crippen molar-refractivity contribution in [1.82, 2.24) is 0 Å². The first kappa shape index (κ1) is 8.84. The first-order valence-corrected chi connectivity index (χ1v) is 6.50. The maximum atomic E-state index is 2.33. The van der Waals surface area contributed by atoms with E-state index in [0.717, 1.165) is 16.4 Å². The standard InChI is InChI=1S/C13H16S/c1-9-4-2-3-5-11(9)12-8-10-6-7-13(12)14-10/h2-5,10,12-13H,6-8H2,1H3. The molecule has 2 saturated heterocycles. The van der Waals surface area contributed by atoms with Gasteiger partial charge in [0.25, 0.3) is 0 Å². The third-order valence-electron chi connectivity index (χ3n) is 3.69. The molecule has 74 valence electrons. The van der Waals surface area contributed by atoms with Crippen molar-refractivity contribution in [2.24, 2.45) is 0 Å². The normalized spacial score (nSPS) is 35.1. The molecule has 0 spiro atoms. The van der Waals surface area contributed by atoms with Crippen molar-refractivity contribution >= 4 is 11.8 Å². The molecule has 3 rings (SSSR count). The van der Waals surface area contributed by atoms with Crippen molar-refractivity contribution in [3.8, 4) is 0 Å². The summed E-state index contributed by atoms with van der Waals surface area (Å²) in [6.07, 6.45) is 4.35. The fraction of sp³-hybridized carbons (Fsp3) is 0.538. The van der Waals surface area contributed by atoms with Gasteiger partial charge in [-0.2, -0.15) is 11.8 Å². The van der Waals surface area contributed by atoms with Crippen LogP contribution in [0.2, 0.25) is 0 Å². The summed E-state index contributed by atoms with van der Waals surface area (Å²) >= 11 is 2.24. The molecule has 0 nitrogen and oxygen atoms in total. The molecule has 14 heavy (non-hydrogen) atoms. The molecule has 0 aromatic heterocycles. The van der Waals surface area contributed by atoms with Gasteiger partial charge in [0.15, 0.2) is 0 Å². The Morgan fingerprint density at radius 1 is 1.21 bits per heavy atom. The Balaban J connectivity index is 1.93. The molecule has 1 aromatic rings. The van der Waals surface area contributed by atoms with Crippen molar-refractivity contribution in [2.75, 3.05) is 0 Å².